The quantitative estimate of drug-likeness (QED) is 0.868. The van der Waals surface area contributed by atoms with E-state index in [2.05, 4.69) is 34.5 Å². The highest BCUT2D eigenvalue weighted by molar-refractivity contribution is 5.70. The molecule has 1 aromatic rings. The molecule has 1 saturated heterocycles. The SMILES string of the molecule is c1ccc2c(c1)NCCCN2CC1CCOCC1. The standard InChI is InChI=1S/C15H22N2O/c1-2-5-15-14(4-1)16-8-3-9-17(15)12-13-6-10-18-11-7-13/h1-2,4-5,13,16H,3,6-12H2. The first-order chi connectivity index (χ1) is 8.93. The van der Waals surface area contributed by atoms with E-state index in [1.807, 2.05) is 0 Å². The fourth-order valence-corrected chi connectivity index (χ4v) is 2.94. The average Bonchev–Trinajstić information content (AvgIpc) is 2.63. The van der Waals surface area contributed by atoms with Gasteiger partial charge in [0.2, 0.25) is 0 Å². The van der Waals surface area contributed by atoms with Crippen molar-refractivity contribution in [2.45, 2.75) is 19.3 Å². The van der Waals surface area contributed by atoms with Gasteiger partial charge in [-0.3, -0.25) is 0 Å². The van der Waals surface area contributed by atoms with Gasteiger partial charge in [0.05, 0.1) is 11.4 Å². The molecule has 2 aliphatic rings. The number of para-hydroxylation sites is 2. The molecule has 2 heterocycles. The summed E-state index contributed by atoms with van der Waals surface area (Å²) in [5.41, 5.74) is 2.67. The number of nitrogens with one attached hydrogen (secondary N) is 1. The molecule has 0 saturated carbocycles. The Morgan fingerprint density at radius 3 is 2.94 bits per heavy atom. The molecule has 3 nitrogen and oxygen atoms in total. The van der Waals surface area contributed by atoms with Gasteiger partial charge in [-0.1, -0.05) is 12.1 Å². The highest BCUT2D eigenvalue weighted by Gasteiger charge is 2.20. The zero-order chi connectivity index (χ0) is 12.2. The number of hydrogen-bond donors (Lipinski definition) is 1. The van der Waals surface area contributed by atoms with Gasteiger partial charge in [0.1, 0.15) is 0 Å². The molecule has 2 aliphatic heterocycles. The zero-order valence-corrected chi connectivity index (χ0v) is 10.9. The summed E-state index contributed by atoms with van der Waals surface area (Å²) < 4.78 is 5.45. The molecule has 1 N–H and O–H groups in total. The lowest BCUT2D eigenvalue weighted by atomic mass is 9.99. The topological polar surface area (TPSA) is 24.5 Å². The van der Waals surface area contributed by atoms with Gasteiger partial charge in [0, 0.05) is 32.8 Å². The van der Waals surface area contributed by atoms with Crippen molar-refractivity contribution in [2.75, 3.05) is 43.1 Å². The van der Waals surface area contributed by atoms with Crippen molar-refractivity contribution in [3.05, 3.63) is 24.3 Å². The lowest BCUT2D eigenvalue weighted by Crippen LogP contribution is -2.33. The molecular formula is C15H22N2O. The van der Waals surface area contributed by atoms with Crippen molar-refractivity contribution >= 4 is 11.4 Å². The Hall–Kier alpha value is -1.22. The molecule has 0 bridgehead atoms. The van der Waals surface area contributed by atoms with Crippen LogP contribution in [0.25, 0.3) is 0 Å². The van der Waals surface area contributed by atoms with Crippen molar-refractivity contribution in [3.63, 3.8) is 0 Å². The van der Waals surface area contributed by atoms with Gasteiger partial charge in [-0.25, -0.2) is 0 Å². The molecule has 98 valence electrons. The van der Waals surface area contributed by atoms with Crippen LogP contribution in [0.4, 0.5) is 11.4 Å². The molecule has 0 aromatic heterocycles. The fourth-order valence-electron chi connectivity index (χ4n) is 2.94. The minimum absolute atomic E-state index is 0.796. The van der Waals surface area contributed by atoms with E-state index in [1.165, 1.54) is 43.7 Å². The largest absolute Gasteiger partial charge is 0.383 e. The number of nitrogens with zero attached hydrogens (tertiary/aromatic N) is 1. The third-order valence-electron chi connectivity index (χ3n) is 3.98. The summed E-state index contributed by atoms with van der Waals surface area (Å²) in [6, 6.07) is 8.69. The lowest BCUT2D eigenvalue weighted by molar-refractivity contribution is 0.0682. The highest BCUT2D eigenvalue weighted by atomic mass is 16.5. The normalized spacial score (nSPS) is 21.0. The summed E-state index contributed by atoms with van der Waals surface area (Å²) in [4.78, 5) is 2.56. The van der Waals surface area contributed by atoms with Crippen LogP contribution < -0.4 is 10.2 Å². The second-order valence-corrected chi connectivity index (χ2v) is 5.30. The van der Waals surface area contributed by atoms with Gasteiger partial charge in [0.15, 0.2) is 0 Å². The van der Waals surface area contributed by atoms with Crippen LogP contribution in [0.3, 0.4) is 0 Å². The molecule has 0 unspecified atom stereocenters. The molecule has 1 aromatic carbocycles. The van der Waals surface area contributed by atoms with Crippen LogP contribution in [-0.2, 0) is 4.74 Å². The van der Waals surface area contributed by atoms with E-state index in [-0.39, 0.29) is 0 Å². The Bertz CT molecular complexity index is 388. The van der Waals surface area contributed by atoms with E-state index in [4.69, 9.17) is 4.74 Å². The minimum Gasteiger partial charge on any atom is -0.383 e. The Morgan fingerprint density at radius 1 is 1.22 bits per heavy atom. The number of ether oxygens (including phenoxy) is 1. The average molecular weight is 246 g/mol. The van der Waals surface area contributed by atoms with Crippen molar-refractivity contribution in [1.29, 1.82) is 0 Å². The van der Waals surface area contributed by atoms with Crippen molar-refractivity contribution < 1.29 is 4.74 Å². The van der Waals surface area contributed by atoms with Gasteiger partial charge in [-0.15, -0.1) is 0 Å². The number of fused-ring (bicyclic) bond motifs is 1. The van der Waals surface area contributed by atoms with Gasteiger partial charge in [-0.2, -0.15) is 0 Å². The maximum absolute atomic E-state index is 5.45. The third-order valence-corrected chi connectivity index (χ3v) is 3.98. The molecule has 3 rings (SSSR count). The summed E-state index contributed by atoms with van der Waals surface area (Å²) in [6.45, 7) is 5.32. The number of rotatable bonds is 2. The molecule has 18 heavy (non-hydrogen) atoms. The minimum atomic E-state index is 0.796. The van der Waals surface area contributed by atoms with Crippen molar-refractivity contribution in [2.24, 2.45) is 5.92 Å². The van der Waals surface area contributed by atoms with E-state index in [9.17, 15) is 0 Å². The maximum Gasteiger partial charge on any atom is 0.0602 e. The van der Waals surface area contributed by atoms with Gasteiger partial charge in [0.25, 0.3) is 0 Å². The van der Waals surface area contributed by atoms with E-state index >= 15 is 0 Å². The second-order valence-electron chi connectivity index (χ2n) is 5.30. The molecule has 0 amide bonds. The van der Waals surface area contributed by atoms with Crippen molar-refractivity contribution in [3.8, 4) is 0 Å². The zero-order valence-electron chi connectivity index (χ0n) is 10.9. The highest BCUT2D eigenvalue weighted by Crippen LogP contribution is 2.29. The molecule has 0 atom stereocenters. The molecule has 3 heteroatoms. The van der Waals surface area contributed by atoms with E-state index in [1.54, 1.807) is 0 Å². The van der Waals surface area contributed by atoms with E-state index < -0.39 is 0 Å². The first kappa shape index (κ1) is 11.8. The van der Waals surface area contributed by atoms with Crippen LogP contribution in [0.15, 0.2) is 24.3 Å². The fraction of sp³-hybridized carbons (Fsp3) is 0.600. The summed E-state index contributed by atoms with van der Waals surface area (Å²) in [6.07, 6.45) is 3.65. The number of hydrogen-bond acceptors (Lipinski definition) is 3. The summed E-state index contributed by atoms with van der Waals surface area (Å²) in [5.74, 6) is 0.796. The molecule has 0 radical (unpaired) electrons. The maximum atomic E-state index is 5.45. The lowest BCUT2D eigenvalue weighted by Gasteiger charge is -2.31. The predicted molar refractivity (Wildman–Crippen MR) is 75.3 cm³/mol. The van der Waals surface area contributed by atoms with Gasteiger partial charge >= 0.3 is 0 Å². The van der Waals surface area contributed by atoms with Crippen LogP contribution in [0.5, 0.6) is 0 Å². The van der Waals surface area contributed by atoms with E-state index in [0.29, 0.717) is 0 Å². The molecule has 1 fully saturated rings. The van der Waals surface area contributed by atoms with Gasteiger partial charge in [-0.05, 0) is 37.3 Å². The third kappa shape index (κ3) is 2.61. The van der Waals surface area contributed by atoms with Crippen LogP contribution in [0, 0.1) is 5.92 Å². The van der Waals surface area contributed by atoms with E-state index in [0.717, 1.165) is 25.7 Å². The Morgan fingerprint density at radius 2 is 2.06 bits per heavy atom. The molecular weight excluding hydrogens is 224 g/mol. The Kier molecular flexibility index (Phi) is 3.69. The number of anilines is 2. The summed E-state index contributed by atoms with van der Waals surface area (Å²) in [7, 11) is 0. The Labute approximate surface area is 109 Å². The first-order valence-electron chi connectivity index (χ1n) is 7.09. The van der Waals surface area contributed by atoms with Gasteiger partial charge < -0.3 is 15.0 Å². The smallest absolute Gasteiger partial charge is 0.0602 e. The molecule has 0 aliphatic carbocycles. The van der Waals surface area contributed by atoms with Crippen molar-refractivity contribution in [1.82, 2.24) is 0 Å². The Balaban J connectivity index is 1.74. The van der Waals surface area contributed by atoms with Crippen LogP contribution in [0.2, 0.25) is 0 Å². The van der Waals surface area contributed by atoms with Crippen LogP contribution >= 0.6 is 0 Å². The predicted octanol–water partition coefficient (Wildman–Crippen LogP) is 2.74. The second kappa shape index (κ2) is 5.61. The molecule has 0 spiro atoms. The first-order valence-corrected chi connectivity index (χ1v) is 7.09. The summed E-state index contributed by atoms with van der Waals surface area (Å²) in [5, 5.41) is 3.53. The monoisotopic (exact) mass is 246 g/mol. The van der Waals surface area contributed by atoms with Crippen LogP contribution in [0.1, 0.15) is 19.3 Å². The number of benzene rings is 1. The summed E-state index contributed by atoms with van der Waals surface area (Å²) >= 11 is 0. The van der Waals surface area contributed by atoms with Crippen LogP contribution in [-0.4, -0.2) is 32.8 Å².